The van der Waals surface area contributed by atoms with Crippen molar-refractivity contribution in [3.05, 3.63) is 58.1 Å². The summed E-state index contributed by atoms with van der Waals surface area (Å²) >= 11 is 0. The van der Waals surface area contributed by atoms with E-state index in [9.17, 15) is 19.7 Å². The molecule has 1 aromatic heterocycles. The van der Waals surface area contributed by atoms with Crippen molar-refractivity contribution >= 4 is 40.3 Å². The number of piperidine rings is 1. The Labute approximate surface area is 183 Å². The van der Waals surface area contributed by atoms with Gasteiger partial charge >= 0.3 is 11.8 Å². The fraction of sp³-hybridized carbons (Fsp3) is 0.318. The maximum Gasteiger partial charge on any atom is 0.313 e. The van der Waals surface area contributed by atoms with E-state index in [4.69, 9.17) is 4.42 Å². The van der Waals surface area contributed by atoms with Crippen molar-refractivity contribution in [3.8, 4) is 0 Å². The van der Waals surface area contributed by atoms with Crippen molar-refractivity contribution < 1.29 is 18.9 Å². The third-order valence-corrected chi connectivity index (χ3v) is 5.52. The van der Waals surface area contributed by atoms with Gasteiger partial charge in [0.15, 0.2) is 5.58 Å². The number of hydrogen-bond donors (Lipinski definition) is 2. The number of anilines is 2. The van der Waals surface area contributed by atoms with Crippen LogP contribution in [0.1, 0.15) is 18.4 Å². The summed E-state index contributed by atoms with van der Waals surface area (Å²) < 4.78 is 5.81. The Balaban J connectivity index is 1.27. The fourth-order valence-corrected chi connectivity index (χ4v) is 3.72. The molecule has 2 heterocycles. The van der Waals surface area contributed by atoms with E-state index in [1.54, 1.807) is 13.0 Å². The third kappa shape index (κ3) is 4.69. The molecule has 0 bridgehead atoms. The molecule has 3 aromatic rings. The number of benzene rings is 2. The van der Waals surface area contributed by atoms with Crippen molar-refractivity contribution in [2.24, 2.45) is 5.92 Å². The molecule has 1 saturated heterocycles. The summed E-state index contributed by atoms with van der Waals surface area (Å²) in [6.45, 7) is 3.52. The number of nitrogens with one attached hydrogen (secondary N) is 2. The first-order chi connectivity index (χ1) is 15.4. The Morgan fingerprint density at radius 1 is 1.19 bits per heavy atom. The first-order valence-corrected chi connectivity index (χ1v) is 10.4. The Morgan fingerprint density at radius 3 is 2.66 bits per heavy atom. The van der Waals surface area contributed by atoms with Gasteiger partial charge in [-0.2, -0.15) is 4.98 Å². The number of nitrogens with zero attached hydrogens (tertiary/aromatic N) is 3. The van der Waals surface area contributed by atoms with Gasteiger partial charge in [-0.25, -0.2) is 0 Å². The van der Waals surface area contributed by atoms with Gasteiger partial charge in [-0.15, -0.1) is 0 Å². The highest BCUT2D eigenvalue weighted by Gasteiger charge is 2.25. The molecule has 32 heavy (non-hydrogen) atoms. The lowest BCUT2D eigenvalue weighted by Crippen LogP contribution is -2.42. The monoisotopic (exact) mass is 437 g/mol. The van der Waals surface area contributed by atoms with Gasteiger partial charge in [-0.1, -0.05) is 18.2 Å². The number of aromatic nitrogens is 1. The van der Waals surface area contributed by atoms with Crippen molar-refractivity contribution in [2.75, 3.05) is 29.9 Å². The number of oxazole rings is 1. The van der Waals surface area contributed by atoms with Crippen LogP contribution in [0, 0.1) is 23.0 Å². The number of hydrogen-bond acceptors (Lipinski definition) is 7. The van der Waals surface area contributed by atoms with Gasteiger partial charge in [0, 0.05) is 25.7 Å². The molecule has 1 fully saturated rings. The summed E-state index contributed by atoms with van der Waals surface area (Å²) in [5.41, 5.74) is 1.99. The maximum atomic E-state index is 12.2. The molecule has 0 atom stereocenters. The van der Waals surface area contributed by atoms with Gasteiger partial charge < -0.3 is 20.0 Å². The molecular formula is C22H23N5O5. The molecule has 0 radical (unpaired) electrons. The highest BCUT2D eigenvalue weighted by molar-refractivity contribution is 6.39. The number of rotatable bonds is 5. The maximum absolute atomic E-state index is 12.2. The van der Waals surface area contributed by atoms with Crippen LogP contribution >= 0.6 is 0 Å². The van der Waals surface area contributed by atoms with Crippen LogP contribution in [0.3, 0.4) is 0 Å². The second-order valence-electron chi connectivity index (χ2n) is 7.84. The van der Waals surface area contributed by atoms with Gasteiger partial charge in [0.25, 0.3) is 11.7 Å². The number of fused-ring (bicyclic) bond motifs is 1. The normalized spacial score (nSPS) is 14.3. The number of nitro groups is 1. The van der Waals surface area contributed by atoms with Crippen LogP contribution in [-0.2, 0) is 9.59 Å². The van der Waals surface area contributed by atoms with Crippen LogP contribution in [-0.4, -0.2) is 41.4 Å². The van der Waals surface area contributed by atoms with Crippen LogP contribution in [0.2, 0.25) is 0 Å². The first kappa shape index (κ1) is 21.3. The van der Waals surface area contributed by atoms with E-state index in [2.05, 4.69) is 20.5 Å². The summed E-state index contributed by atoms with van der Waals surface area (Å²) in [4.78, 5) is 41.6. The van der Waals surface area contributed by atoms with Gasteiger partial charge in [0.2, 0.25) is 0 Å². The lowest BCUT2D eigenvalue weighted by atomic mass is 9.97. The zero-order chi connectivity index (χ0) is 22.7. The number of para-hydroxylation sites is 2. The smallest absolute Gasteiger partial charge is 0.313 e. The molecule has 166 valence electrons. The van der Waals surface area contributed by atoms with Crippen molar-refractivity contribution in [1.29, 1.82) is 0 Å². The van der Waals surface area contributed by atoms with Crippen LogP contribution in [0.25, 0.3) is 11.1 Å². The van der Waals surface area contributed by atoms with E-state index in [1.807, 2.05) is 24.3 Å². The van der Waals surface area contributed by atoms with E-state index in [0.29, 0.717) is 18.1 Å². The van der Waals surface area contributed by atoms with Crippen LogP contribution < -0.4 is 15.5 Å². The van der Waals surface area contributed by atoms with Crippen molar-refractivity contribution in [2.45, 2.75) is 19.8 Å². The number of aryl methyl sites for hydroxylation is 1. The second kappa shape index (κ2) is 9.04. The molecule has 0 aliphatic carbocycles. The quantitative estimate of drug-likeness (QED) is 0.356. The number of carbonyl (C=O) groups is 2. The summed E-state index contributed by atoms with van der Waals surface area (Å²) in [5, 5.41) is 16.1. The number of nitro benzene ring substituents is 1. The predicted octanol–water partition coefficient (Wildman–Crippen LogP) is 3.02. The molecule has 10 heteroatoms. The van der Waals surface area contributed by atoms with Crippen molar-refractivity contribution in [1.82, 2.24) is 10.3 Å². The summed E-state index contributed by atoms with van der Waals surface area (Å²) in [6.07, 6.45) is 1.62. The van der Waals surface area contributed by atoms with E-state index >= 15 is 0 Å². The summed E-state index contributed by atoms with van der Waals surface area (Å²) in [7, 11) is 0. The van der Waals surface area contributed by atoms with E-state index in [1.165, 1.54) is 12.1 Å². The molecule has 2 N–H and O–H groups in total. The zero-order valence-corrected chi connectivity index (χ0v) is 17.5. The SMILES string of the molecule is Cc1ccc(NC(=O)C(=O)NCC2CCN(c3nc4ccccc4o3)CC2)c([N+](=O)[O-])c1. The topological polar surface area (TPSA) is 131 Å². The lowest BCUT2D eigenvalue weighted by Gasteiger charge is -2.30. The highest BCUT2D eigenvalue weighted by Crippen LogP contribution is 2.27. The van der Waals surface area contributed by atoms with Gasteiger partial charge in [-0.3, -0.25) is 19.7 Å². The van der Waals surface area contributed by atoms with E-state index in [0.717, 1.165) is 37.0 Å². The molecule has 4 rings (SSSR count). The second-order valence-corrected chi connectivity index (χ2v) is 7.84. The largest absolute Gasteiger partial charge is 0.423 e. The molecule has 0 unspecified atom stereocenters. The third-order valence-electron chi connectivity index (χ3n) is 5.52. The predicted molar refractivity (Wildman–Crippen MR) is 118 cm³/mol. The van der Waals surface area contributed by atoms with E-state index < -0.39 is 16.7 Å². The fourth-order valence-electron chi connectivity index (χ4n) is 3.72. The number of carbonyl (C=O) groups excluding carboxylic acids is 2. The Kier molecular flexibility index (Phi) is 6.02. The Hall–Kier alpha value is -3.95. The molecule has 0 spiro atoms. The molecule has 10 nitrogen and oxygen atoms in total. The highest BCUT2D eigenvalue weighted by atomic mass is 16.6. The molecule has 0 saturated carbocycles. The number of amides is 2. The van der Waals surface area contributed by atoms with E-state index in [-0.39, 0.29) is 17.3 Å². The Morgan fingerprint density at radius 2 is 1.94 bits per heavy atom. The zero-order valence-electron chi connectivity index (χ0n) is 17.5. The van der Waals surface area contributed by atoms with Crippen molar-refractivity contribution in [3.63, 3.8) is 0 Å². The average molecular weight is 437 g/mol. The van der Waals surface area contributed by atoms with Crippen LogP contribution in [0.4, 0.5) is 17.4 Å². The minimum atomic E-state index is -0.930. The minimum absolute atomic E-state index is 0.00704. The van der Waals surface area contributed by atoms with Gasteiger partial charge in [-0.05, 0) is 49.4 Å². The van der Waals surface area contributed by atoms with Crippen LogP contribution in [0.15, 0.2) is 46.9 Å². The molecule has 1 aliphatic rings. The van der Waals surface area contributed by atoms with Gasteiger partial charge in [0.1, 0.15) is 11.2 Å². The molecule has 1 aliphatic heterocycles. The summed E-state index contributed by atoms with van der Waals surface area (Å²) in [5.74, 6) is -1.54. The summed E-state index contributed by atoms with van der Waals surface area (Å²) in [6, 6.07) is 12.6. The molecule has 2 aromatic carbocycles. The van der Waals surface area contributed by atoms with Gasteiger partial charge in [0.05, 0.1) is 4.92 Å². The standard InChI is InChI=1S/C22H23N5O5/c1-14-6-7-16(18(12-14)27(30)31)24-21(29)20(28)23-13-15-8-10-26(11-9-15)22-25-17-4-2-3-5-19(17)32-22/h2-7,12,15H,8-11,13H2,1H3,(H,23,28)(H,24,29). The average Bonchev–Trinajstić information content (AvgIpc) is 3.23. The lowest BCUT2D eigenvalue weighted by molar-refractivity contribution is -0.384. The molecule has 2 amide bonds. The minimum Gasteiger partial charge on any atom is -0.423 e. The molecular weight excluding hydrogens is 414 g/mol. The van der Waals surface area contributed by atoms with Crippen LogP contribution in [0.5, 0.6) is 0 Å². The first-order valence-electron chi connectivity index (χ1n) is 10.4. The Bertz CT molecular complexity index is 1130.